The van der Waals surface area contributed by atoms with E-state index in [9.17, 15) is 0 Å². The smallest absolute Gasteiger partial charge is 0.193 e. The van der Waals surface area contributed by atoms with Crippen molar-refractivity contribution in [3.63, 3.8) is 0 Å². The van der Waals surface area contributed by atoms with Gasteiger partial charge in [0.25, 0.3) is 0 Å². The largest absolute Gasteiger partial charge is 0.381 e. The van der Waals surface area contributed by atoms with E-state index in [-0.39, 0.29) is 29.5 Å². The fraction of sp³-hybridized carbons (Fsp3) is 0.944. The number of hydrogen-bond acceptors (Lipinski definition) is 4. The van der Waals surface area contributed by atoms with Gasteiger partial charge in [0.2, 0.25) is 0 Å². The van der Waals surface area contributed by atoms with Gasteiger partial charge in [-0.25, -0.2) is 0 Å². The summed E-state index contributed by atoms with van der Waals surface area (Å²) in [5.74, 6) is 1.64. The van der Waals surface area contributed by atoms with Gasteiger partial charge in [0.1, 0.15) is 0 Å². The third kappa shape index (κ3) is 5.43. The van der Waals surface area contributed by atoms with Crippen LogP contribution in [0.2, 0.25) is 0 Å². The molecule has 3 saturated heterocycles. The maximum absolute atomic E-state index is 5.64. The quantitative estimate of drug-likeness (QED) is 0.381. The van der Waals surface area contributed by atoms with Crippen LogP contribution in [0.4, 0.5) is 0 Å². The van der Waals surface area contributed by atoms with E-state index in [0.29, 0.717) is 5.92 Å². The molecule has 1 unspecified atom stereocenters. The minimum atomic E-state index is 0. The molecule has 0 aromatic carbocycles. The van der Waals surface area contributed by atoms with Crippen molar-refractivity contribution in [2.45, 2.75) is 37.6 Å². The molecule has 0 aliphatic carbocycles. The second-order valence-corrected chi connectivity index (χ2v) is 7.54. The van der Waals surface area contributed by atoms with Gasteiger partial charge in [0, 0.05) is 58.5 Å². The molecule has 3 aliphatic rings. The van der Waals surface area contributed by atoms with E-state index in [1.807, 2.05) is 7.05 Å². The Morgan fingerprint density at radius 1 is 1.20 bits per heavy atom. The highest BCUT2D eigenvalue weighted by Crippen LogP contribution is 2.30. The van der Waals surface area contributed by atoms with Crippen molar-refractivity contribution >= 4 is 29.9 Å². The van der Waals surface area contributed by atoms with Crippen LogP contribution in [0.25, 0.3) is 0 Å². The van der Waals surface area contributed by atoms with Gasteiger partial charge in [-0.3, -0.25) is 9.89 Å². The van der Waals surface area contributed by atoms with Crippen LogP contribution in [-0.4, -0.2) is 88.0 Å². The first-order chi connectivity index (χ1) is 11.7. The average Bonchev–Trinajstić information content (AvgIpc) is 3.30. The first-order valence-corrected chi connectivity index (χ1v) is 9.56. The molecule has 0 saturated carbocycles. The molecular formula is C18H35IN4O2. The second kappa shape index (κ2) is 10.3. The van der Waals surface area contributed by atoms with Crippen LogP contribution < -0.4 is 5.32 Å². The van der Waals surface area contributed by atoms with Crippen molar-refractivity contribution in [3.8, 4) is 0 Å². The fourth-order valence-corrected chi connectivity index (χ4v) is 4.38. The van der Waals surface area contributed by atoms with E-state index in [1.54, 1.807) is 0 Å². The summed E-state index contributed by atoms with van der Waals surface area (Å²) in [6, 6.07) is 0. The summed E-state index contributed by atoms with van der Waals surface area (Å²) in [6.07, 6.45) is 6.07. The highest BCUT2D eigenvalue weighted by molar-refractivity contribution is 14.0. The zero-order chi connectivity index (χ0) is 16.8. The van der Waals surface area contributed by atoms with Crippen molar-refractivity contribution in [3.05, 3.63) is 0 Å². The summed E-state index contributed by atoms with van der Waals surface area (Å²) in [4.78, 5) is 9.47. The Morgan fingerprint density at radius 3 is 2.52 bits per heavy atom. The number of rotatable bonds is 5. The molecule has 3 fully saturated rings. The van der Waals surface area contributed by atoms with Crippen molar-refractivity contribution in [1.82, 2.24) is 15.1 Å². The minimum absolute atomic E-state index is 0. The van der Waals surface area contributed by atoms with Gasteiger partial charge < -0.3 is 19.7 Å². The first-order valence-electron chi connectivity index (χ1n) is 9.56. The molecule has 146 valence electrons. The van der Waals surface area contributed by atoms with Gasteiger partial charge in [-0.1, -0.05) is 0 Å². The van der Waals surface area contributed by atoms with E-state index in [2.05, 4.69) is 27.2 Å². The lowest BCUT2D eigenvalue weighted by molar-refractivity contribution is -0.0166. The zero-order valence-electron chi connectivity index (χ0n) is 15.8. The molecule has 1 atom stereocenters. The van der Waals surface area contributed by atoms with Crippen LogP contribution >= 0.6 is 24.0 Å². The van der Waals surface area contributed by atoms with Crippen molar-refractivity contribution in [1.29, 1.82) is 0 Å². The highest BCUT2D eigenvalue weighted by atomic mass is 127. The zero-order valence-corrected chi connectivity index (χ0v) is 18.2. The number of guanidine groups is 1. The van der Waals surface area contributed by atoms with Gasteiger partial charge in [0.15, 0.2) is 5.96 Å². The van der Waals surface area contributed by atoms with Crippen LogP contribution in [0, 0.1) is 5.92 Å². The molecule has 0 amide bonds. The third-order valence-electron chi connectivity index (χ3n) is 5.91. The number of halogens is 1. The van der Waals surface area contributed by atoms with Crippen LogP contribution in [0.5, 0.6) is 0 Å². The lowest BCUT2D eigenvalue weighted by Gasteiger charge is -2.45. The molecule has 3 heterocycles. The molecule has 7 heteroatoms. The maximum atomic E-state index is 5.64. The standard InChI is InChI=1S/C18H34N4O2.HI/c1-19-17(21(2)13-16-5-10-24-14-16)20-15-18(6-11-23-12-7-18)22-8-3-4-9-22;/h16H,3-15H2,1-2H3,(H,19,20);1H. The molecule has 0 radical (unpaired) electrons. The third-order valence-corrected chi connectivity index (χ3v) is 5.91. The highest BCUT2D eigenvalue weighted by Gasteiger charge is 2.39. The molecule has 0 spiro atoms. The van der Waals surface area contributed by atoms with Gasteiger partial charge in [0.05, 0.1) is 6.61 Å². The fourth-order valence-electron chi connectivity index (χ4n) is 4.38. The molecule has 0 bridgehead atoms. The summed E-state index contributed by atoms with van der Waals surface area (Å²) < 4.78 is 11.1. The van der Waals surface area contributed by atoms with Crippen LogP contribution in [-0.2, 0) is 9.47 Å². The van der Waals surface area contributed by atoms with E-state index in [0.717, 1.165) is 64.7 Å². The average molecular weight is 466 g/mol. The Hall–Kier alpha value is -0.120. The number of aliphatic imine (C=N–C) groups is 1. The second-order valence-electron chi connectivity index (χ2n) is 7.54. The normalized spacial score (nSPS) is 27.1. The molecule has 0 aromatic rings. The molecule has 3 aliphatic heterocycles. The molecule has 0 aromatic heterocycles. The Balaban J connectivity index is 0.00000225. The minimum Gasteiger partial charge on any atom is -0.381 e. The van der Waals surface area contributed by atoms with Crippen molar-refractivity contribution in [2.75, 3.05) is 66.7 Å². The predicted octanol–water partition coefficient (Wildman–Crippen LogP) is 1.79. The van der Waals surface area contributed by atoms with Gasteiger partial charge in [-0.15, -0.1) is 24.0 Å². The first kappa shape index (κ1) is 21.2. The van der Waals surface area contributed by atoms with Crippen LogP contribution in [0.1, 0.15) is 32.1 Å². The van der Waals surface area contributed by atoms with E-state index >= 15 is 0 Å². The van der Waals surface area contributed by atoms with Crippen LogP contribution in [0.15, 0.2) is 4.99 Å². The number of hydrogen-bond donors (Lipinski definition) is 1. The summed E-state index contributed by atoms with van der Waals surface area (Å²) >= 11 is 0. The maximum Gasteiger partial charge on any atom is 0.193 e. The monoisotopic (exact) mass is 466 g/mol. The molecule has 25 heavy (non-hydrogen) atoms. The van der Waals surface area contributed by atoms with E-state index in [1.165, 1.54) is 25.9 Å². The molecular weight excluding hydrogens is 431 g/mol. The Kier molecular flexibility index (Phi) is 8.71. The van der Waals surface area contributed by atoms with Gasteiger partial charge in [-0.2, -0.15) is 0 Å². The summed E-state index contributed by atoms with van der Waals surface area (Å²) in [5, 5.41) is 3.67. The van der Waals surface area contributed by atoms with E-state index in [4.69, 9.17) is 9.47 Å². The number of likely N-dealkylation sites (tertiary alicyclic amines) is 1. The Morgan fingerprint density at radius 2 is 1.92 bits per heavy atom. The Labute approximate surface area is 169 Å². The summed E-state index contributed by atoms with van der Waals surface area (Å²) in [6.45, 7) is 8.00. The van der Waals surface area contributed by atoms with Gasteiger partial charge >= 0.3 is 0 Å². The van der Waals surface area contributed by atoms with Crippen molar-refractivity contribution < 1.29 is 9.47 Å². The van der Waals surface area contributed by atoms with Crippen molar-refractivity contribution in [2.24, 2.45) is 10.9 Å². The SMILES string of the molecule is CN=C(NCC1(N2CCCC2)CCOCC1)N(C)CC1CCOC1.I. The number of ether oxygens (including phenoxy) is 2. The predicted molar refractivity (Wildman–Crippen MR) is 112 cm³/mol. The lowest BCUT2D eigenvalue weighted by Crippen LogP contribution is -2.58. The molecule has 1 N–H and O–H groups in total. The number of nitrogens with zero attached hydrogens (tertiary/aromatic N) is 3. The lowest BCUT2D eigenvalue weighted by atomic mass is 9.88. The van der Waals surface area contributed by atoms with Gasteiger partial charge in [-0.05, 0) is 45.2 Å². The molecule has 3 rings (SSSR count). The topological polar surface area (TPSA) is 49.3 Å². The number of nitrogens with one attached hydrogen (secondary N) is 1. The summed E-state index contributed by atoms with van der Waals surface area (Å²) in [7, 11) is 4.02. The molecule has 6 nitrogen and oxygen atoms in total. The van der Waals surface area contributed by atoms with Crippen LogP contribution in [0.3, 0.4) is 0 Å². The summed E-state index contributed by atoms with van der Waals surface area (Å²) in [5.41, 5.74) is 0.238. The van der Waals surface area contributed by atoms with E-state index < -0.39 is 0 Å². The Bertz CT molecular complexity index is 417.